The minimum absolute atomic E-state index is 0.0908. The average Bonchev–Trinajstić information content (AvgIpc) is 2.98. The van der Waals surface area contributed by atoms with Crippen LogP contribution in [0.4, 0.5) is 8.78 Å². The van der Waals surface area contributed by atoms with Crippen LogP contribution in [-0.4, -0.2) is 27.7 Å². The predicted octanol–water partition coefficient (Wildman–Crippen LogP) is 3.50. The number of carbonyl (C=O) groups is 1. The molecule has 0 aliphatic carbocycles. The van der Waals surface area contributed by atoms with Gasteiger partial charge < -0.3 is 14.6 Å². The number of fused-ring (bicyclic) bond motifs is 1. The highest BCUT2D eigenvalue weighted by Gasteiger charge is 2.21. The topological polar surface area (TPSA) is 73.6 Å². The number of aromatic nitrogens is 2. The lowest BCUT2D eigenvalue weighted by molar-refractivity contribution is 0.0384. The minimum Gasteiger partial charge on any atom is -0.504 e. The fourth-order valence-electron chi connectivity index (χ4n) is 2.47. The maximum atomic E-state index is 13.3. The van der Waals surface area contributed by atoms with Gasteiger partial charge >= 0.3 is 12.5 Å². The van der Waals surface area contributed by atoms with E-state index in [1.165, 1.54) is 31.4 Å². The van der Waals surface area contributed by atoms with Crippen molar-refractivity contribution >= 4 is 17.0 Å². The van der Waals surface area contributed by atoms with E-state index in [1.807, 2.05) is 0 Å². The number of ether oxygens (including phenoxy) is 2. The van der Waals surface area contributed by atoms with Crippen molar-refractivity contribution in [2.45, 2.75) is 13.2 Å². The summed E-state index contributed by atoms with van der Waals surface area (Å²) in [6, 6.07) is 10.7. The number of carbonyl (C=O) groups excluding carboxylic acids is 1. The minimum atomic E-state index is -2.83. The summed E-state index contributed by atoms with van der Waals surface area (Å²) >= 11 is 0. The third-order valence-corrected chi connectivity index (χ3v) is 3.64. The zero-order valence-electron chi connectivity index (χ0n) is 13.1. The Kier molecular flexibility index (Phi) is 4.51. The van der Waals surface area contributed by atoms with Crippen LogP contribution in [0, 0.1) is 0 Å². The molecule has 0 saturated heterocycles. The standard InChI is InChI=1S/C17H14F2N2O4/c1-24-13-8-4-5-10(15(13)22)16(23)25-9-14-20-11-6-2-3-7-12(11)21(14)17(18)19/h2-8,17,22H,9H2,1H3. The number of esters is 1. The Hall–Kier alpha value is -3.16. The van der Waals surface area contributed by atoms with Gasteiger partial charge in [0.1, 0.15) is 12.2 Å². The van der Waals surface area contributed by atoms with Crippen LogP contribution in [-0.2, 0) is 11.3 Å². The number of para-hydroxylation sites is 3. The number of imidazole rings is 1. The summed E-state index contributed by atoms with van der Waals surface area (Å²) in [5, 5.41) is 9.95. The van der Waals surface area contributed by atoms with E-state index in [9.17, 15) is 18.7 Å². The smallest absolute Gasteiger partial charge is 0.342 e. The van der Waals surface area contributed by atoms with E-state index in [0.29, 0.717) is 10.1 Å². The number of alkyl halides is 2. The van der Waals surface area contributed by atoms with Gasteiger partial charge in [0.05, 0.1) is 18.1 Å². The highest BCUT2D eigenvalue weighted by molar-refractivity contribution is 5.93. The second kappa shape index (κ2) is 6.76. The molecule has 0 aliphatic heterocycles. The van der Waals surface area contributed by atoms with Gasteiger partial charge in [0, 0.05) is 0 Å². The first-order valence-electron chi connectivity index (χ1n) is 7.30. The molecule has 3 aromatic rings. The van der Waals surface area contributed by atoms with Crippen molar-refractivity contribution in [1.29, 1.82) is 0 Å². The molecule has 25 heavy (non-hydrogen) atoms. The molecule has 0 saturated carbocycles. The van der Waals surface area contributed by atoms with Crippen LogP contribution in [0.15, 0.2) is 42.5 Å². The summed E-state index contributed by atoms with van der Waals surface area (Å²) < 4.78 is 37.3. The number of methoxy groups -OCH3 is 1. The number of rotatable bonds is 5. The first-order chi connectivity index (χ1) is 12.0. The molecule has 8 heteroatoms. The molecule has 3 rings (SSSR count). The number of phenols is 1. The normalized spacial score (nSPS) is 11.0. The Morgan fingerprint density at radius 3 is 2.72 bits per heavy atom. The monoisotopic (exact) mass is 348 g/mol. The van der Waals surface area contributed by atoms with Gasteiger partial charge in [-0.1, -0.05) is 18.2 Å². The Morgan fingerprint density at radius 2 is 2.00 bits per heavy atom. The molecule has 0 bridgehead atoms. The molecule has 1 aromatic heterocycles. The van der Waals surface area contributed by atoms with Crippen LogP contribution in [0.2, 0.25) is 0 Å². The van der Waals surface area contributed by atoms with Gasteiger partial charge in [-0.15, -0.1) is 0 Å². The summed E-state index contributed by atoms with van der Waals surface area (Å²) in [6.45, 7) is -3.29. The van der Waals surface area contributed by atoms with E-state index in [4.69, 9.17) is 9.47 Å². The Bertz CT molecular complexity index is 924. The van der Waals surface area contributed by atoms with Crippen molar-refractivity contribution in [1.82, 2.24) is 9.55 Å². The van der Waals surface area contributed by atoms with Gasteiger partial charge in [-0.2, -0.15) is 8.78 Å². The van der Waals surface area contributed by atoms with Gasteiger partial charge in [0.2, 0.25) is 0 Å². The van der Waals surface area contributed by atoms with E-state index in [-0.39, 0.29) is 28.4 Å². The Morgan fingerprint density at radius 1 is 1.24 bits per heavy atom. The predicted molar refractivity (Wildman–Crippen MR) is 84.8 cm³/mol. The van der Waals surface area contributed by atoms with Crippen molar-refractivity contribution in [3.05, 3.63) is 53.9 Å². The quantitative estimate of drug-likeness (QED) is 0.715. The molecular formula is C17H14F2N2O4. The lowest BCUT2D eigenvalue weighted by atomic mass is 10.2. The Labute approximate surface area is 141 Å². The van der Waals surface area contributed by atoms with Crippen LogP contribution < -0.4 is 4.74 Å². The number of halogens is 2. The van der Waals surface area contributed by atoms with Crippen LogP contribution in [0.5, 0.6) is 11.5 Å². The average molecular weight is 348 g/mol. The zero-order valence-corrected chi connectivity index (χ0v) is 13.1. The summed E-state index contributed by atoms with van der Waals surface area (Å²) in [7, 11) is 1.34. The van der Waals surface area contributed by atoms with Crippen LogP contribution in [0.25, 0.3) is 11.0 Å². The van der Waals surface area contributed by atoms with Gasteiger partial charge in [0.15, 0.2) is 17.3 Å². The second-order valence-corrected chi connectivity index (χ2v) is 5.10. The third kappa shape index (κ3) is 3.10. The van der Waals surface area contributed by atoms with E-state index >= 15 is 0 Å². The maximum absolute atomic E-state index is 13.3. The van der Waals surface area contributed by atoms with Gasteiger partial charge in [-0.25, -0.2) is 9.78 Å². The fraction of sp³-hybridized carbons (Fsp3) is 0.176. The van der Waals surface area contributed by atoms with E-state index < -0.39 is 19.1 Å². The summed E-state index contributed by atoms with van der Waals surface area (Å²) in [5.74, 6) is -1.23. The molecule has 1 heterocycles. The lowest BCUT2D eigenvalue weighted by Crippen LogP contribution is -2.11. The summed E-state index contributed by atoms with van der Waals surface area (Å²) in [4.78, 5) is 16.2. The molecule has 0 spiro atoms. The second-order valence-electron chi connectivity index (χ2n) is 5.10. The number of hydrogen-bond donors (Lipinski definition) is 1. The zero-order chi connectivity index (χ0) is 18.0. The highest BCUT2D eigenvalue weighted by atomic mass is 19.3. The van der Waals surface area contributed by atoms with E-state index in [0.717, 1.165) is 0 Å². The molecule has 0 radical (unpaired) electrons. The molecule has 0 atom stereocenters. The van der Waals surface area contributed by atoms with Crippen molar-refractivity contribution in [3.8, 4) is 11.5 Å². The third-order valence-electron chi connectivity index (χ3n) is 3.64. The maximum Gasteiger partial charge on any atom is 0.342 e. The number of nitrogens with zero attached hydrogens (tertiary/aromatic N) is 2. The fourth-order valence-corrected chi connectivity index (χ4v) is 2.47. The lowest BCUT2D eigenvalue weighted by Gasteiger charge is -2.10. The molecule has 2 aromatic carbocycles. The van der Waals surface area contributed by atoms with E-state index in [2.05, 4.69) is 4.98 Å². The molecule has 1 N–H and O–H groups in total. The molecule has 0 aliphatic rings. The Balaban J connectivity index is 1.86. The molecule has 6 nitrogen and oxygen atoms in total. The number of hydrogen-bond acceptors (Lipinski definition) is 5. The number of benzene rings is 2. The molecule has 0 unspecified atom stereocenters. The summed E-state index contributed by atoms with van der Waals surface area (Å²) in [6.07, 6.45) is 0. The van der Waals surface area contributed by atoms with Crippen molar-refractivity contribution in [3.63, 3.8) is 0 Å². The molecule has 0 fully saturated rings. The van der Waals surface area contributed by atoms with E-state index in [1.54, 1.807) is 18.2 Å². The first kappa shape index (κ1) is 16.7. The van der Waals surface area contributed by atoms with Crippen molar-refractivity contribution in [2.75, 3.05) is 7.11 Å². The van der Waals surface area contributed by atoms with Crippen molar-refractivity contribution < 1.29 is 28.2 Å². The van der Waals surface area contributed by atoms with Crippen LogP contribution in [0.3, 0.4) is 0 Å². The number of phenolic OH excluding ortho intramolecular Hbond substituents is 1. The molecule has 0 amide bonds. The van der Waals surface area contributed by atoms with Gasteiger partial charge in [-0.05, 0) is 24.3 Å². The SMILES string of the molecule is COc1cccc(C(=O)OCc2nc3ccccc3n2C(F)F)c1O. The van der Waals surface area contributed by atoms with Crippen LogP contribution in [0.1, 0.15) is 22.7 Å². The first-order valence-corrected chi connectivity index (χ1v) is 7.30. The highest BCUT2D eigenvalue weighted by Crippen LogP contribution is 2.30. The van der Waals surface area contributed by atoms with Crippen molar-refractivity contribution in [2.24, 2.45) is 0 Å². The molecular weight excluding hydrogens is 334 g/mol. The van der Waals surface area contributed by atoms with Crippen LogP contribution >= 0.6 is 0 Å². The van der Waals surface area contributed by atoms with Gasteiger partial charge in [-0.3, -0.25) is 4.57 Å². The largest absolute Gasteiger partial charge is 0.504 e. The van der Waals surface area contributed by atoms with Gasteiger partial charge in [0.25, 0.3) is 0 Å². The number of aromatic hydroxyl groups is 1. The molecule has 130 valence electrons. The summed E-state index contributed by atoms with van der Waals surface area (Å²) in [5.41, 5.74) is 0.491.